The molecule has 0 unspecified atom stereocenters. The van der Waals surface area contributed by atoms with Gasteiger partial charge in [-0.2, -0.15) is 0 Å². The molecule has 206 valence electrons. The van der Waals surface area contributed by atoms with E-state index in [1.54, 1.807) is 37.3 Å². The summed E-state index contributed by atoms with van der Waals surface area (Å²) in [5.74, 6) is -2.50. The van der Waals surface area contributed by atoms with E-state index < -0.39 is 34.0 Å². The molecule has 0 N–H and O–H groups in total. The van der Waals surface area contributed by atoms with Crippen molar-refractivity contribution in [2.45, 2.75) is 39.0 Å². The first-order valence-electron chi connectivity index (χ1n) is 12.7. The summed E-state index contributed by atoms with van der Waals surface area (Å²) in [5, 5.41) is 11.9. The van der Waals surface area contributed by atoms with Crippen molar-refractivity contribution >= 4 is 34.5 Å². The summed E-state index contributed by atoms with van der Waals surface area (Å²) >= 11 is 0. The van der Waals surface area contributed by atoms with Gasteiger partial charge in [-0.25, -0.2) is 14.6 Å². The molecule has 2 aliphatic rings. The van der Waals surface area contributed by atoms with Gasteiger partial charge in [0.2, 0.25) is 5.60 Å². The zero-order chi connectivity index (χ0) is 29.1. The Morgan fingerprint density at radius 1 is 1.15 bits per heavy atom. The van der Waals surface area contributed by atoms with Crippen LogP contribution in [0.15, 0.2) is 59.4 Å². The molecule has 4 heterocycles. The summed E-state index contributed by atoms with van der Waals surface area (Å²) in [6.07, 6.45) is -0.0621. The van der Waals surface area contributed by atoms with Gasteiger partial charge in [0.1, 0.15) is 17.9 Å². The summed E-state index contributed by atoms with van der Waals surface area (Å²) < 4.78 is 17.8. The third kappa shape index (κ3) is 3.94. The third-order valence-electron chi connectivity index (χ3n) is 7.32. The number of rotatable bonds is 5. The number of para-hydroxylation sites is 1. The first-order valence-corrected chi connectivity index (χ1v) is 12.7. The van der Waals surface area contributed by atoms with Crippen molar-refractivity contribution in [2.75, 3.05) is 0 Å². The third-order valence-corrected chi connectivity index (χ3v) is 7.32. The number of hydrogen-bond acceptors (Lipinski definition) is 10. The lowest BCUT2D eigenvalue weighted by molar-refractivity contribution is -0.383. The number of nitro benzene ring substituents is 1. The smallest absolute Gasteiger partial charge is 0.355 e. The maximum Gasteiger partial charge on any atom is 0.355 e. The van der Waals surface area contributed by atoms with Crippen LogP contribution in [0.1, 0.15) is 47.3 Å². The number of nitro groups is 1. The van der Waals surface area contributed by atoms with Crippen LogP contribution in [0.3, 0.4) is 0 Å². The molecule has 0 aliphatic carbocycles. The highest BCUT2D eigenvalue weighted by molar-refractivity contribution is 5.97. The van der Waals surface area contributed by atoms with Crippen LogP contribution in [-0.2, 0) is 37.8 Å². The topological polar surface area (TPSA) is 157 Å². The summed E-state index contributed by atoms with van der Waals surface area (Å²) in [6, 6.07) is 13.7. The van der Waals surface area contributed by atoms with Crippen molar-refractivity contribution in [2.24, 2.45) is 0 Å². The van der Waals surface area contributed by atoms with Crippen molar-refractivity contribution in [1.29, 1.82) is 0 Å². The Morgan fingerprint density at radius 3 is 2.66 bits per heavy atom. The Hall–Kier alpha value is -5.39. The standard InChI is InChI=1S/C29H21N3O9/c1-3-29(41-27(35)17-7-4-5-10-24(17)40-15(2)33)20-12-23-25-16(13-31(23)26(34)19(20)14-39-28(29)36)11-18-21(30-25)8-6-9-22(18)32(37)38/h4-12H,3,13-14H2,1-2H3/t29-/m0/s1. The molecule has 4 aromatic rings. The Kier molecular flexibility index (Phi) is 5.91. The van der Waals surface area contributed by atoms with Gasteiger partial charge in [-0.05, 0) is 36.8 Å². The minimum atomic E-state index is -1.97. The Labute approximate surface area is 231 Å². The van der Waals surface area contributed by atoms with Gasteiger partial charge in [-0.1, -0.05) is 25.1 Å². The van der Waals surface area contributed by atoms with Crippen molar-refractivity contribution in [1.82, 2.24) is 9.55 Å². The fourth-order valence-corrected chi connectivity index (χ4v) is 5.40. The molecule has 0 spiro atoms. The SMILES string of the molecule is CC[C@@]1(OC(=O)c2ccccc2OC(C)=O)C(=O)OCc2c1cc1n(c2=O)Cc2cc3c([N+](=O)[O-])cccc3nc2-1. The van der Waals surface area contributed by atoms with Crippen LogP contribution in [0.4, 0.5) is 5.69 Å². The van der Waals surface area contributed by atoms with E-state index in [0.29, 0.717) is 27.9 Å². The van der Waals surface area contributed by atoms with E-state index in [1.165, 1.54) is 35.8 Å². The highest BCUT2D eigenvalue weighted by atomic mass is 16.6. The molecule has 0 saturated carbocycles. The first kappa shape index (κ1) is 25.9. The average molecular weight is 555 g/mol. The summed E-state index contributed by atoms with van der Waals surface area (Å²) in [5.41, 5.74) is -0.566. The van der Waals surface area contributed by atoms with E-state index in [1.807, 2.05) is 0 Å². The second kappa shape index (κ2) is 9.37. The molecule has 0 saturated heterocycles. The van der Waals surface area contributed by atoms with Crippen LogP contribution in [-0.4, -0.2) is 32.4 Å². The lowest BCUT2D eigenvalue weighted by Gasteiger charge is -2.35. The van der Waals surface area contributed by atoms with Gasteiger partial charge < -0.3 is 18.8 Å². The van der Waals surface area contributed by atoms with E-state index in [2.05, 4.69) is 4.98 Å². The van der Waals surface area contributed by atoms with Crippen LogP contribution < -0.4 is 10.3 Å². The van der Waals surface area contributed by atoms with Crippen molar-refractivity contribution < 1.29 is 33.5 Å². The fraction of sp³-hybridized carbons (Fsp3) is 0.207. The van der Waals surface area contributed by atoms with E-state index >= 15 is 0 Å². The predicted molar refractivity (Wildman–Crippen MR) is 142 cm³/mol. The van der Waals surface area contributed by atoms with E-state index in [4.69, 9.17) is 14.2 Å². The molecule has 1 atom stereocenters. The van der Waals surface area contributed by atoms with Crippen LogP contribution in [0.5, 0.6) is 5.75 Å². The number of non-ortho nitro benzene ring substituents is 1. The summed E-state index contributed by atoms with van der Waals surface area (Å²) in [7, 11) is 0. The van der Waals surface area contributed by atoms with Gasteiger partial charge in [-0.3, -0.25) is 19.7 Å². The summed E-state index contributed by atoms with van der Waals surface area (Å²) in [6.45, 7) is 2.58. The molecule has 41 heavy (non-hydrogen) atoms. The Morgan fingerprint density at radius 2 is 1.93 bits per heavy atom. The van der Waals surface area contributed by atoms with Crippen LogP contribution in [0.2, 0.25) is 0 Å². The van der Waals surface area contributed by atoms with E-state index in [-0.39, 0.29) is 47.7 Å². The van der Waals surface area contributed by atoms with Gasteiger partial charge in [-0.15, -0.1) is 0 Å². The molecule has 2 aromatic heterocycles. The van der Waals surface area contributed by atoms with Gasteiger partial charge in [0, 0.05) is 24.1 Å². The molecule has 12 heteroatoms. The molecule has 0 fully saturated rings. The largest absolute Gasteiger partial charge is 0.457 e. The molecular formula is C29H21N3O9. The zero-order valence-electron chi connectivity index (χ0n) is 21.8. The summed E-state index contributed by atoms with van der Waals surface area (Å²) in [4.78, 5) is 67.7. The van der Waals surface area contributed by atoms with Crippen molar-refractivity contribution in [3.05, 3.63) is 97.3 Å². The average Bonchev–Trinajstić information content (AvgIpc) is 3.30. The quantitative estimate of drug-likeness (QED) is 0.135. The number of hydrogen-bond donors (Lipinski definition) is 0. The lowest BCUT2D eigenvalue weighted by Crippen LogP contribution is -2.47. The predicted octanol–water partition coefficient (Wildman–Crippen LogP) is 3.78. The number of cyclic esters (lactones) is 1. The number of carbonyl (C=O) groups excluding carboxylic acids is 3. The number of ether oxygens (including phenoxy) is 3. The number of nitrogens with zero attached hydrogens (tertiary/aromatic N) is 3. The highest BCUT2D eigenvalue weighted by Gasteiger charge is 2.50. The fourth-order valence-electron chi connectivity index (χ4n) is 5.40. The molecule has 2 aromatic carbocycles. The Bertz CT molecular complexity index is 1890. The monoisotopic (exact) mass is 555 g/mol. The molecule has 0 amide bonds. The van der Waals surface area contributed by atoms with Gasteiger partial charge in [0.05, 0.1) is 39.3 Å². The zero-order valence-corrected chi connectivity index (χ0v) is 21.8. The molecule has 0 radical (unpaired) electrons. The number of esters is 3. The lowest BCUT2D eigenvalue weighted by atomic mass is 9.85. The number of pyridine rings is 2. The Balaban J connectivity index is 1.50. The van der Waals surface area contributed by atoms with E-state index in [0.717, 1.165) is 0 Å². The van der Waals surface area contributed by atoms with Crippen LogP contribution in [0.25, 0.3) is 22.3 Å². The minimum absolute atomic E-state index is 0.0474. The van der Waals surface area contributed by atoms with Crippen molar-refractivity contribution in [3.8, 4) is 17.1 Å². The minimum Gasteiger partial charge on any atom is -0.457 e. The molecule has 2 aliphatic heterocycles. The normalized spacial score (nSPS) is 16.8. The second-order valence-electron chi connectivity index (χ2n) is 9.65. The van der Waals surface area contributed by atoms with Crippen LogP contribution >= 0.6 is 0 Å². The number of fused-ring (bicyclic) bond motifs is 5. The number of benzene rings is 2. The van der Waals surface area contributed by atoms with Crippen LogP contribution in [0, 0.1) is 10.1 Å². The molecule has 0 bridgehead atoms. The second-order valence-corrected chi connectivity index (χ2v) is 9.65. The van der Waals surface area contributed by atoms with Gasteiger partial charge >= 0.3 is 17.9 Å². The number of carbonyl (C=O) groups is 3. The number of aromatic nitrogens is 2. The van der Waals surface area contributed by atoms with E-state index in [9.17, 15) is 29.3 Å². The molecule has 6 rings (SSSR count). The maximum atomic E-state index is 13.7. The first-order chi connectivity index (χ1) is 19.6. The highest BCUT2D eigenvalue weighted by Crippen LogP contribution is 2.42. The van der Waals surface area contributed by atoms with Crippen molar-refractivity contribution in [3.63, 3.8) is 0 Å². The molecule has 12 nitrogen and oxygen atoms in total. The maximum absolute atomic E-state index is 13.7. The molecular weight excluding hydrogens is 534 g/mol. The van der Waals surface area contributed by atoms with Gasteiger partial charge in [0.15, 0.2) is 0 Å². The van der Waals surface area contributed by atoms with Gasteiger partial charge in [0.25, 0.3) is 11.2 Å².